The van der Waals surface area contributed by atoms with Gasteiger partial charge in [-0.15, -0.1) is 0 Å². The standard InChI is InChI=1S/C39H27NS3/c1-39(2)29-23-25(18-19-27(29)28-20-21-36-38(37(28)39)43-35-17-8-7-16-34(35)42-36)24-10-9-11-26(22-24)40-30-12-3-5-14-32(30)41-33-15-6-4-13-31(33)40/h3-23H,1-2H3. The van der Waals surface area contributed by atoms with E-state index in [0.29, 0.717) is 0 Å². The van der Waals surface area contributed by atoms with Gasteiger partial charge in [0.2, 0.25) is 0 Å². The topological polar surface area (TPSA) is 3.24 Å². The molecule has 0 N–H and O–H groups in total. The van der Waals surface area contributed by atoms with E-state index in [9.17, 15) is 0 Å². The van der Waals surface area contributed by atoms with Crippen LogP contribution >= 0.6 is 35.3 Å². The van der Waals surface area contributed by atoms with Gasteiger partial charge in [-0.25, -0.2) is 0 Å². The van der Waals surface area contributed by atoms with E-state index in [4.69, 9.17) is 0 Å². The second-order valence-electron chi connectivity index (χ2n) is 11.8. The van der Waals surface area contributed by atoms with Crippen LogP contribution in [-0.2, 0) is 5.41 Å². The van der Waals surface area contributed by atoms with Crippen LogP contribution in [0.1, 0.15) is 25.0 Å². The third-order valence-corrected chi connectivity index (χ3v) is 12.6. The van der Waals surface area contributed by atoms with Crippen molar-refractivity contribution in [3.05, 3.63) is 139 Å². The molecule has 1 aliphatic carbocycles. The first-order valence-corrected chi connectivity index (χ1v) is 17.0. The summed E-state index contributed by atoms with van der Waals surface area (Å²) >= 11 is 5.70. The summed E-state index contributed by atoms with van der Waals surface area (Å²) in [5.41, 5.74) is 11.7. The Labute approximate surface area is 265 Å². The number of anilines is 3. The van der Waals surface area contributed by atoms with Gasteiger partial charge in [0.1, 0.15) is 0 Å². The monoisotopic (exact) mass is 605 g/mol. The fraction of sp³-hybridized carbons (Fsp3) is 0.0769. The van der Waals surface area contributed by atoms with Crippen LogP contribution in [0.5, 0.6) is 0 Å². The molecule has 0 bridgehead atoms. The maximum absolute atomic E-state index is 2.45. The van der Waals surface area contributed by atoms with Crippen molar-refractivity contribution in [2.75, 3.05) is 4.90 Å². The third kappa shape index (κ3) is 3.90. The highest BCUT2D eigenvalue weighted by molar-refractivity contribution is 8.05. The van der Waals surface area contributed by atoms with Gasteiger partial charge in [0.05, 0.1) is 11.4 Å². The van der Waals surface area contributed by atoms with Crippen molar-refractivity contribution in [2.45, 2.75) is 48.6 Å². The lowest BCUT2D eigenvalue weighted by molar-refractivity contribution is 0.642. The zero-order valence-electron chi connectivity index (χ0n) is 23.8. The molecule has 206 valence electrons. The SMILES string of the molecule is CC1(C)c2cc(-c3cccc(N4c5ccccc5Sc5ccccc54)c3)ccc2-c2ccc3c(c21)Sc1ccccc1S3. The first-order valence-electron chi connectivity index (χ1n) is 14.6. The van der Waals surface area contributed by atoms with E-state index < -0.39 is 0 Å². The Kier molecular flexibility index (Phi) is 5.72. The van der Waals surface area contributed by atoms with Crippen LogP contribution in [0.3, 0.4) is 0 Å². The predicted molar refractivity (Wildman–Crippen MR) is 183 cm³/mol. The smallest absolute Gasteiger partial charge is 0.0601 e. The summed E-state index contributed by atoms with van der Waals surface area (Å²) in [6, 6.07) is 47.1. The molecule has 0 unspecified atom stereocenters. The number of fused-ring (bicyclic) bond motifs is 8. The van der Waals surface area contributed by atoms with E-state index >= 15 is 0 Å². The second kappa shape index (κ2) is 9.59. The maximum atomic E-state index is 2.45. The summed E-state index contributed by atoms with van der Waals surface area (Å²) in [6.45, 7) is 4.81. The maximum Gasteiger partial charge on any atom is 0.0601 e. The third-order valence-electron chi connectivity index (χ3n) is 8.88. The molecule has 0 amide bonds. The van der Waals surface area contributed by atoms with Crippen LogP contribution in [0, 0.1) is 0 Å². The number of rotatable bonds is 2. The molecule has 2 aliphatic heterocycles. The minimum Gasteiger partial charge on any atom is -0.308 e. The first kappa shape index (κ1) is 25.6. The van der Waals surface area contributed by atoms with Crippen LogP contribution in [0.15, 0.2) is 157 Å². The molecule has 3 aliphatic rings. The molecule has 6 aromatic carbocycles. The van der Waals surface area contributed by atoms with Crippen molar-refractivity contribution in [3.63, 3.8) is 0 Å². The van der Waals surface area contributed by atoms with Gasteiger partial charge >= 0.3 is 0 Å². The van der Waals surface area contributed by atoms with Gasteiger partial charge in [0.15, 0.2) is 0 Å². The molecule has 9 rings (SSSR count). The molecular weight excluding hydrogens is 579 g/mol. The highest BCUT2D eigenvalue weighted by atomic mass is 32.2. The fourth-order valence-electron chi connectivity index (χ4n) is 6.86. The van der Waals surface area contributed by atoms with Crippen molar-refractivity contribution in [1.82, 2.24) is 0 Å². The Bertz CT molecular complexity index is 2070. The Morgan fingerprint density at radius 2 is 1.09 bits per heavy atom. The van der Waals surface area contributed by atoms with Gasteiger partial charge in [-0.05, 0) is 94.0 Å². The second-order valence-corrected chi connectivity index (χ2v) is 15.0. The number of nitrogens with zero attached hydrogens (tertiary/aromatic N) is 1. The lowest BCUT2D eigenvalue weighted by Gasteiger charge is -2.33. The van der Waals surface area contributed by atoms with E-state index in [1.807, 2.05) is 35.3 Å². The van der Waals surface area contributed by atoms with E-state index in [1.165, 1.54) is 79.8 Å². The lowest BCUT2D eigenvalue weighted by atomic mass is 9.81. The summed E-state index contributed by atoms with van der Waals surface area (Å²) in [6.07, 6.45) is 0. The minimum atomic E-state index is -0.0918. The summed E-state index contributed by atoms with van der Waals surface area (Å²) in [7, 11) is 0. The predicted octanol–water partition coefficient (Wildman–Crippen LogP) is 12.2. The van der Waals surface area contributed by atoms with Crippen LogP contribution in [0.2, 0.25) is 0 Å². The highest BCUT2D eigenvalue weighted by Gasteiger charge is 2.39. The van der Waals surface area contributed by atoms with Crippen molar-refractivity contribution in [2.24, 2.45) is 0 Å². The van der Waals surface area contributed by atoms with Crippen molar-refractivity contribution < 1.29 is 0 Å². The Morgan fingerprint density at radius 3 is 1.84 bits per heavy atom. The molecule has 0 aromatic heterocycles. The lowest BCUT2D eigenvalue weighted by Crippen LogP contribution is -2.17. The molecule has 0 fully saturated rings. The van der Waals surface area contributed by atoms with Crippen LogP contribution in [-0.4, -0.2) is 0 Å². The summed E-state index contributed by atoms with van der Waals surface area (Å²) < 4.78 is 0. The summed E-state index contributed by atoms with van der Waals surface area (Å²) in [5, 5.41) is 0. The Morgan fingerprint density at radius 1 is 0.488 bits per heavy atom. The van der Waals surface area contributed by atoms with E-state index in [2.05, 4.69) is 146 Å². The van der Waals surface area contributed by atoms with Gasteiger partial charge in [-0.2, -0.15) is 0 Å². The molecule has 0 saturated carbocycles. The summed E-state index contributed by atoms with van der Waals surface area (Å²) in [5.74, 6) is 0. The van der Waals surface area contributed by atoms with E-state index in [1.54, 1.807) is 0 Å². The van der Waals surface area contributed by atoms with Crippen molar-refractivity contribution in [1.29, 1.82) is 0 Å². The zero-order chi connectivity index (χ0) is 28.7. The number of hydrogen-bond donors (Lipinski definition) is 0. The van der Waals surface area contributed by atoms with Crippen molar-refractivity contribution in [3.8, 4) is 22.3 Å². The number of hydrogen-bond acceptors (Lipinski definition) is 4. The van der Waals surface area contributed by atoms with Gasteiger partial charge in [-0.3, -0.25) is 0 Å². The Balaban J connectivity index is 1.14. The Hall–Kier alpha value is -3.83. The molecular formula is C39H27NS3. The molecule has 4 heteroatoms. The molecule has 1 nitrogen and oxygen atoms in total. The van der Waals surface area contributed by atoms with Crippen LogP contribution in [0.25, 0.3) is 22.3 Å². The average molecular weight is 606 g/mol. The number of benzene rings is 6. The molecule has 0 atom stereocenters. The van der Waals surface area contributed by atoms with Gasteiger partial charge in [-0.1, -0.05) is 116 Å². The fourth-order valence-corrected chi connectivity index (χ4v) is 10.5. The normalized spacial score (nSPS) is 15.1. The van der Waals surface area contributed by atoms with Crippen LogP contribution in [0.4, 0.5) is 17.1 Å². The van der Waals surface area contributed by atoms with E-state index in [0.717, 1.165) is 0 Å². The average Bonchev–Trinajstić information content (AvgIpc) is 3.28. The molecule has 0 saturated heterocycles. The zero-order valence-corrected chi connectivity index (χ0v) is 26.2. The largest absolute Gasteiger partial charge is 0.308 e. The number of para-hydroxylation sites is 2. The molecule has 0 radical (unpaired) electrons. The van der Waals surface area contributed by atoms with E-state index in [-0.39, 0.29) is 5.41 Å². The van der Waals surface area contributed by atoms with Crippen molar-refractivity contribution >= 4 is 52.3 Å². The van der Waals surface area contributed by atoms with Crippen LogP contribution < -0.4 is 4.90 Å². The molecule has 0 spiro atoms. The summed E-state index contributed by atoms with van der Waals surface area (Å²) in [4.78, 5) is 10.5. The van der Waals surface area contributed by atoms with Gasteiger partial charge < -0.3 is 4.90 Å². The molecule has 2 heterocycles. The molecule has 43 heavy (non-hydrogen) atoms. The first-order chi connectivity index (χ1) is 21.1. The quantitative estimate of drug-likeness (QED) is 0.193. The minimum absolute atomic E-state index is 0.0918. The molecule has 6 aromatic rings. The highest BCUT2D eigenvalue weighted by Crippen LogP contribution is 2.59. The van der Waals surface area contributed by atoms with Gasteiger partial charge in [0, 0.05) is 40.5 Å². The van der Waals surface area contributed by atoms with Gasteiger partial charge in [0.25, 0.3) is 0 Å².